The number of carbonyl (C=O) groups is 2. The van der Waals surface area contributed by atoms with Crippen LogP contribution in [0.2, 0.25) is 0 Å². The van der Waals surface area contributed by atoms with Crippen molar-refractivity contribution in [2.75, 3.05) is 26.2 Å². The number of furan rings is 1. The lowest BCUT2D eigenvalue weighted by Gasteiger charge is -2.41. The third kappa shape index (κ3) is 2.73. The molecule has 2 amide bonds. The van der Waals surface area contributed by atoms with Gasteiger partial charge in [-0.15, -0.1) is 0 Å². The molecule has 24 heavy (non-hydrogen) atoms. The van der Waals surface area contributed by atoms with Gasteiger partial charge >= 0.3 is 0 Å². The minimum atomic E-state index is -0.302. The van der Waals surface area contributed by atoms with Gasteiger partial charge in [0.2, 0.25) is 5.91 Å². The molecule has 3 fully saturated rings. The summed E-state index contributed by atoms with van der Waals surface area (Å²) in [6.45, 7) is 4.64. The second-order valence-electron chi connectivity index (χ2n) is 7.26. The SMILES string of the molecule is Cc1ccc(C(=O)N2CC[C@@]3(C[C@@H](N4CCCC4=O)CCO3)C2)o1. The van der Waals surface area contributed by atoms with Crippen LogP contribution in [0.1, 0.15) is 48.4 Å². The van der Waals surface area contributed by atoms with E-state index in [4.69, 9.17) is 9.15 Å². The molecule has 1 spiro atoms. The van der Waals surface area contributed by atoms with E-state index in [0.29, 0.717) is 31.9 Å². The van der Waals surface area contributed by atoms with E-state index in [1.807, 2.05) is 22.8 Å². The van der Waals surface area contributed by atoms with E-state index < -0.39 is 0 Å². The lowest BCUT2D eigenvalue weighted by atomic mass is 9.89. The normalized spacial score (nSPS) is 30.5. The van der Waals surface area contributed by atoms with Crippen molar-refractivity contribution < 1.29 is 18.7 Å². The van der Waals surface area contributed by atoms with Gasteiger partial charge in [0, 0.05) is 32.2 Å². The first-order chi connectivity index (χ1) is 11.6. The molecule has 4 rings (SSSR count). The molecule has 4 heterocycles. The number of hydrogen-bond acceptors (Lipinski definition) is 4. The minimum absolute atomic E-state index is 0.0667. The molecule has 0 radical (unpaired) electrons. The van der Waals surface area contributed by atoms with Gasteiger partial charge in [-0.3, -0.25) is 9.59 Å². The molecule has 1 aromatic rings. The Hall–Kier alpha value is -1.82. The van der Waals surface area contributed by atoms with Crippen molar-refractivity contribution >= 4 is 11.8 Å². The van der Waals surface area contributed by atoms with Crippen molar-refractivity contribution in [1.29, 1.82) is 0 Å². The van der Waals surface area contributed by atoms with Crippen LogP contribution in [0.3, 0.4) is 0 Å². The fourth-order valence-corrected chi connectivity index (χ4v) is 4.33. The van der Waals surface area contributed by atoms with E-state index in [1.54, 1.807) is 6.07 Å². The summed E-state index contributed by atoms with van der Waals surface area (Å²) < 4.78 is 11.6. The fourth-order valence-electron chi connectivity index (χ4n) is 4.33. The zero-order valence-corrected chi connectivity index (χ0v) is 14.1. The van der Waals surface area contributed by atoms with Gasteiger partial charge in [-0.05, 0) is 44.7 Å². The lowest BCUT2D eigenvalue weighted by Crippen LogP contribution is -2.50. The Morgan fingerprint density at radius 1 is 1.33 bits per heavy atom. The first kappa shape index (κ1) is 15.7. The highest BCUT2D eigenvalue weighted by Gasteiger charge is 2.47. The van der Waals surface area contributed by atoms with Crippen LogP contribution in [0.5, 0.6) is 0 Å². The molecular formula is C18H24N2O4. The second-order valence-corrected chi connectivity index (χ2v) is 7.26. The molecule has 0 saturated carbocycles. The topological polar surface area (TPSA) is 63.0 Å². The van der Waals surface area contributed by atoms with Gasteiger partial charge in [-0.25, -0.2) is 0 Å². The summed E-state index contributed by atoms with van der Waals surface area (Å²) in [6, 6.07) is 3.80. The Morgan fingerprint density at radius 2 is 2.21 bits per heavy atom. The molecule has 3 aliphatic heterocycles. The number of hydrogen-bond donors (Lipinski definition) is 0. The van der Waals surface area contributed by atoms with Gasteiger partial charge in [0.25, 0.3) is 5.91 Å². The summed E-state index contributed by atoms with van der Waals surface area (Å²) in [5, 5.41) is 0. The number of rotatable bonds is 2. The van der Waals surface area contributed by atoms with E-state index in [0.717, 1.165) is 38.0 Å². The Labute approximate surface area is 141 Å². The highest BCUT2D eigenvalue weighted by Crippen LogP contribution is 2.37. The highest BCUT2D eigenvalue weighted by molar-refractivity contribution is 5.91. The number of amides is 2. The number of carbonyl (C=O) groups excluding carboxylic acids is 2. The highest BCUT2D eigenvalue weighted by atomic mass is 16.5. The van der Waals surface area contributed by atoms with Crippen LogP contribution >= 0.6 is 0 Å². The number of nitrogens with zero attached hydrogens (tertiary/aromatic N) is 2. The molecule has 0 bridgehead atoms. The lowest BCUT2D eigenvalue weighted by molar-refractivity contribution is -0.137. The van der Waals surface area contributed by atoms with Crippen molar-refractivity contribution in [2.45, 2.75) is 50.7 Å². The zero-order chi connectivity index (χ0) is 16.7. The third-order valence-electron chi connectivity index (χ3n) is 5.57. The van der Waals surface area contributed by atoms with E-state index in [2.05, 4.69) is 0 Å². The average Bonchev–Trinajstić information content (AvgIpc) is 3.28. The van der Waals surface area contributed by atoms with Crippen LogP contribution in [-0.2, 0) is 9.53 Å². The van der Waals surface area contributed by atoms with Crippen molar-refractivity contribution in [2.24, 2.45) is 0 Å². The van der Waals surface area contributed by atoms with Crippen LogP contribution in [0.4, 0.5) is 0 Å². The number of ether oxygens (including phenoxy) is 1. The average molecular weight is 332 g/mol. The fraction of sp³-hybridized carbons (Fsp3) is 0.667. The summed E-state index contributed by atoms with van der Waals surface area (Å²) in [7, 11) is 0. The van der Waals surface area contributed by atoms with Crippen LogP contribution in [-0.4, -0.2) is 59.5 Å². The molecule has 6 nitrogen and oxygen atoms in total. The van der Waals surface area contributed by atoms with E-state index in [1.165, 1.54) is 0 Å². The predicted molar refractivity (Wildman–Crippen MR) is 86.6 cm³/mol. The molecule has 130 valence electrons. The maximum absolute atomic E-state index is 12.6. The molecule has 2 atom stereocenters. The van der Waals surface area contributed by atoms with Gasteiger partial charge in [0.15, 0.2) is 5.76 Å². The minimum Gasteiger partial charge on any atom is -0.456 e. The van der Waals surface area contributed by atoms with Gasteiger partial charge in [0.05, 0.1) is 12.1 Å². The monoisotopic (exact) mass is 332 g/mol. The Kier molecular flexibility index (Phi) is 3.87. The maximum Gasteiger partial charge on any atom is 0.289 e. The summed E-state index contributed by atoms with van der Waals surface area (Å²) in [6.07, 6.45) is 4.20. The molecule has 3 aliphatic rings. The summed E-state index contributed by atoms with van der Waals surface area (Å²) in [4.78, 5) is 28.5. The van der Waals surface area contributed by atoms with Gasteiger partial charge in [-0.1, -0.05) is 0 Å². The summed E-state index contributed by atoms with van der Waals surface area (Å²) >= 11 is 0. The van der Waals surface area contributed by atoms with Crippen LogP contribution in [0.15, 0.2) is 16.5 Å². The van der Waals surface area contributed by atoms with Crippen LogP contribution < -0.4 is 0 Å². The molecule has 6 heteroatoms. The molecule has 1 aromatic heterocycles. The molecule has 0 unspecified atom stereocenters. The van der Waals surface area contributed by atoms with Crippen LogP contribution in [0, 0.1) is 6.92 Å². The largest absolute Gasteiger partial charge is 0.456 e. The Bertz CT molecular complexity index is 655. The van der Waals surface area contributed by atoms with E-state index >= 15 is 0 Å². The Morgan fingerprint density at radius 3 is 2.92 bits per heavy atom. The predicted octanol–water partition coefficient (Wildman–Crippen LogP) is 1.97. The van der Waals surface area contributed by atoms with Crippen LogP contribution in [0.25, 0.3) is 0 Å². The first-order valence-corrected chi connectivity index (χ1v) is 8.85. The smallest absolute Gasteiger partial charge is 0.289 e. The van der Waals surface area contributed by atoms with Crippen molar-refractivity contribution in [3.8, 4) is 0 Å². The van der Waals surface area contributed by atoms with Crippen molar-refractivity contribution in [3.63, 3.8) is 0 Å². The van der Waals surface area contributed by atoms with Gasteiger partial charge in [0.1, 0.15) is 5.76 Å². The quantitative estimate of drug-likeness (QED) is 0.831. The Balaban J connectivity index is 1.44. The summed E-state index contributed by atoms with van der Waals surface area (Å²) in [5.74, 6) is 1.34. The molecule has 3 saturated heterocycles. The van der Waals surface area contributed by atoms with Crippen molar-refractivity contribution in [1.82, 2.24) is 9.80 Å². The number of aryl methyl sites for hydroxylation is 1. The number of likely N-dealkylation sites (tertiary alicyclic amines) is 2. The zero-order valence-electron chi connectivity index (χ0n) is 14.1. The maximum atomic E-state index is 12.6. The molecule has 0 aliphatic carbocycles. The second kappa shape index (κ2) is 5.92. The molecular weight excluding hydrogens is 308 g/mol. The van der Waals surface area contributed by atoms with E-state index in [-0.39, 0.29) is 23.5 Å². The summed E-state index contributed by atoms with van der Waals surface area (Å²) in [5.41, 5.74) is -0.302. The first-order valence-electron chi connectivity index (χ1n) is 8.85. The standard InChI is InChI=1S/C18H24N2O4/c1-13-4-5-15(24-13)17(22)19-9-7-18(12-19)11-14(6-10-23-18)20-8-2-3-16(20)21/h4-5,14H,2-3,6-12H2,1H3/t14-,18+/m0/s1. The van der Waals surface area contributed by atoms with Crippen molar-refractivity contribution in [3.05, 3.63) is 23.7 Å². The van der Waals surface area contributed by atoms with Gasteiger partial charge < -0.3 is 19.0 Å². The van der Waals surface area contributed by atoms with E-state index in [9.17, 15) is 9.59 Å². The third-order valence-corrected chi connectivity index (χ3v) is 5.57. The molecule has 0 N–H and O–H groups in total. The van der Waals surface area contributed by atoms with Gasteiger partial charge in [-0.2, -0.15) is 0 Å². The molecule has 0 aromatic carbocycles.